The maximum Gasteiger partial charge on any atom is 0.296 e. The number of carbonyl (C=O) groups is 2. The van der Waals surface area contributed by atoms with E-state index in [0.29, 0.717) is 16.4 Å². The Bertz CT molecular complexity index is 1250. The molecule has 3 atom stereocenters. The van der Waals surface area contributed by atoms with Crippen LogP contribution in [0.5, 0.6) is 0 Å². The lowest BCUT2D eigenvalue weighted by Crippen LogP contribution is -2.39. The van der Waals surface area contributed by atoms with Gasteiger partial charge in [0.15, 0.2) is 16.7 Å². The first-order valence-corrected chi connectivity index (χ1v) is 11.5. The van der Waals surface area contributed by atoms with Crippen LogP contribution in [-0.2, 0) is 14.3 Å². The second-order valence-electron chi connectivity index (χ2n) is 8.45. The second kappa shape index (κ2) is 6.99. The van der Waals surface area contributed by atoms with Crippen molar-refractivity contribution in [3.8, 4) is 0 Å². The van der Waals surface area contributed by atoms with Crippen LogP contribution >= 0.6 is 11.3 Å². The summed E-state index contributed by atoms with van der Waals surface area (Å²) in [5, 5.41) is 0.565. The number of amides is 1. The molecule has 3 aliphatic rings. The Morgan fingerprint density at radius 3 is 2.84 bits per heavy atom. The lowest BCUT2D eigenvalue weighted by atomic mass is 9.78. The zero-order chi connectivity index (χ0) is 21.1. The molecule has 3 unspecified atom stereocenters. The first-order chi connectivity index (χ1) is 15.1. The van der Waals surface area contributed by atoms with E-state index in [-0.39, 0.29) is 29.5 Å². The van der Waals surface area contributed by atoms with Crippen LogP contribution < -0.4 is 4.90 Å². The second-order valence-corrected chi connectivity index (χ2v) is 9.46. The fraction of sp³-hybridized carbons (Fsp3) is 0.333. The summed E-state index contributed by atoms with van der Waals surface area (Å²) in [6.07, 6.45) is 5.15. The predicted molar refractivity (Wildman–Crippen MR) is 118 cm³/mol. The summed E-state index contributed by atoms with van der Waals surface area (Å²) in [6.45, 7) is 2.03. The number of ether oxygens (including phenoxy) is 1. The minimum absolute atomic E-state index is 0.0365. The summed E-state index contributed by atoms with van der Waals surface area (Å²) in [6, 6.07) is 11.0. The number of benzene rings is 1. The highest BCUT2D eigenvalue weighted by Gasteiger charge is 2.53. The molecule has 1 amide bonds. The Hall–Kier alpha value is -3.06. The summed E-state index contributed by atoms with van der Waals surface area (Å²) in [5.74, 6) is -0.239. The third-order valence-electron chi connectivity index (χ3n) is 6.47. The first-order valence-electron chi connectivity index (χ1n) is 10.7. The summed E-state index contributed by atoms with van der Waals surface area (Å²) in [7, 11) is 0. The molecule has 156 valence electrons. The molecule has 2 aromatic heterocycles. The average Bonchev–Trinajstić information content (AvgIpc) is 3.33. The van der Waals surface area contributed by atoms with E-state index in [4.69, 9.17) is 9.72 Å². The van der Waals surface area contributed by atoms with Gasteiger partial charge in [-0.15, -0.1) is 0 Å². The van der Waals surface area contributed by atoms with Gasteiger partial charge in [-0.3, -0.25) is 19.5 Å². The lowest BCUT2D eigenvalue weighted by Gasteiger charge is -2.35. The zero-order valence-corrected chi connectivity index (χ0v) is 17.9. The normalized spacial score (nSPS) is 25.6. The van der Waals surface area contributed by atoms with Crippen molar-refractivity contribution in [2.45, 2.75) is 44.8 Å². The van der Waals surface area contributed by atoms with E-state index in [2.05, 4.69) is 11.1 Å². The van der Waals surface area contributed by atoms with Gasteiger partial charge in [0.25, 0.3) is 5.91 Å². The quantitative estimate of drug-likeness (QED) is 0.597. The highest BCUT2D eigenvalue weighted by molar-refractivity contribution is 7.22. The molecule has 2 aliphatic heterocycles. The molecule has 6 rings (SSSR count). The molecule has 3 aromatic rings. The molecule has 0 spiro atoms. The molecule has 7 heteroatoms. The molecule has 1 saturated carbocycles. The zero-order valence-electron chi connectivity index (χ0n) is 17.1. The van der Waals surface area contributed by atoms with Crippen molar-refractivity contribution in [1.29, 1.82) is 0 Å². The molecule has 1 aliphatic carbocycles. The van der Waals surface area contributed by atoms with Gasteiger partial charge in [0.1, 0.15) is 12.1 Å². The number of ketones is 1. The topological polar surface area (TPSA) is 72.4 Å². The average molecular weight is 432 g/mol. The van der Waals surface area contributed by atoms with Crippen LogP contribution in [0.25, 0.3) is 10.2 Å². The summed E-state index contributed by atoms with van der Waals surface area (Å²) in [5.41, 5.74) is 3.07. The number of carbonyl (C=O) groups excluding carboxylic acids is 2. The van der Waals surface area contributed by atoms with Crippen molar-refractivity contribution in [2.75, 3.05) is 4.90 Å². The first kappa shape index (κ1) is 18.7. The van der Waals surface area contributed by atoms with Crippen molar-refractivity contribution in [3.63, 3.8) is 0 Å². The van der Waals surface area contributed by atoms with E-state index in [0.717, 1.165) is 41.5 Å². The monoisotopic (exact) mass is 431 g/mol. The van der Waals surface area contributed by atoms with Gasteiger partial charge < -0.3 is 4.74 Å². The summed E-state index contributed by atoms with van der Waals surface area (Å²) < 4.78 is 7.22. The van der Waals surface area contributed by atoms with Crippen LogP contribution in [0.3, 0.4) is 0 Å². The van der Waals surface area contributed by atoms with E-state index in [1.165, 1.54) is 11.3 Å². The van der Waals surface area contributed by atoms with Crippen LogP contribution in [0.2, 0.25) is 0 Å². The minimum atomic E-state index is -0.610. The number of aryl methyl sites for hydroxylation is 1. The molecule has 0 radical (unpaired) electrons. The maximum absolute atomic E-state index is 13.6. The van der Waals surface area contributed by atoms with E-state index in [9.17, 15) is 9.59 Å². The van der Waals surface area contributed by atoms with Crippen LogP contribution in [0, 0.1) is 12.8 Å². The number of aromatic nitrogens is 2. The van der Waals surface area contributed by atoms with Gasteiger partial charge in [0, 0.05) is 6.20 Å². The SMILES string of the molecule is Cc1ccc2nc(N3C(=O)C4=C(C(=O)C5CCCCC5O4)C3c3ccccn3)sc2c1. The molecule has 0 saturated heterocycles. The standard InChI is InChI=1S/C24H21N3O3S/c1-13-9-10-15-18(12-13)31-24(26-15)27-20(16-7-4-5-11-25-16)19-21(28)14-6-2-3-8-17(14)30-22(19)23(27)29/h4-5,7,9-12,14,17,20H,2-3,6,8H2,1H3. The molecule has 4 heterocycles. The number of rotatable bonds is 2. The highest BCUT2D eigenvalue weighted by Crippen LogP contribution is 2.48. The Morgan fingerprint density at radius 2 is 2.00 bits per heavy atom. The number of pyridine rings is 1. The van der Waals surface area contributed by atoms with Crippen molar-refractivity contribution in [2.24, 2.45) is 5.92 Å². The number of Topliss-reactive ketones (excluding diaryl/α,β-unsaturated/α-hetero) is 1. The fourth-order valence-electron chi connectivity index (χ4n) is 4.98. The van der Waals surface area contributed by atoms with Gasteiger partial charge in [-0.25, -0.2) is 4.98 Å². The smallest absolute Gasteiger partial charge is 0.296 e. The third-order valence-corrected chi connectivity index (χ3v) is 7.49. The van der Waals surface area contributed by atoms with E-state index >= 15 is 0 Å². The van der Waals surface area contributed by atoms with Gasteiger partial charge in [0.05, 0.1) is 27.4 Å². The van der Waals surface area contributed by atoms with Gasteiger partial charge in [-0.1, -0.05) is 29.9 Å². The molecule has 0 bridgehead atoms. The summed E-state index contributed by atoms with van der Waals surface area (Å²) in [4.78, 5) is 38.1. The van der Waals surface area contributed by atoms with E-state index in [1.807, 2.05) is 37.3 Å². The molecule has 6 nitrogen and oxygen atoms in total. The van der Waals surface area contributed by atoms with Crippen molar-refractivity contribution >= 4 is 38.4 Å². The van der Waals surface area contributed by atoms with E-state index < -0.39 is 6.04 Å². The minimum Gasteiger partial charge on any atom is -0.483 e. The molecular weight excluding hydrogens is 410 g/mol. The number of thiazole rings is 1. The van der Waals surface area contributed by atoms with Crippen LogP contribution in [0.15, 0.2) is 53.9 Å². The molecule has 1 fully saturated rings. The number of anilines is 1. The van der Waals surface area contributed by atoms with Crippen molar-refractivity contribution in [1.82, 2.24) is 9.97 Å². The molecule has 0 N–H and O–H groups in total. The predicted octanol–water partition coefficient (Wildman–Crippen LogP) is 4.50. The third kappa shape index (κ3) is 2.83. The van der Waals surface area contributed by atoms with Crippen LogP contribution in [-0.4, -0.2) is 27.8 Å². The molecule has 1 aromatic carbocycles. The van der Waals surface area contributed by atoms with Gasteiger partial charge in [0.2, 0.25) is 0 Å². The maximum atomic E-state index is 13.6. The Labute approximate surface area is 183 Å². The number of fused-ring (bicyclic) bond motifs is 2. The Kier molecular flexibility index (Phi) is 4.21. The van der Waals surface area contributed by atoms with Crippen molar-refractivity contribution < 1.29 is 14.3 Å². The van der Waals surface area contributed by atoms with Crippen LogP contribution in [0.4, 0.5) is 5.13 Å². The number of nitrogens with zero attached hydrogens (tertiary/aromatic N) is 3. The van der Waals surface area contributed by atoms with E-state index in [1.54, 1.807) is 11.1 Å². The Balaban J connectivity index is 1.51. The van der Waals surface area contributed by atoms with Crippen LogP contribution in [0.1, 0.15) is 43.0 Å². The number of hydrogen-bond donors (Lipinski definition) is 0. The fourth-order valence-corrected chi connectivity index (χ4v) is 6.07. The lowest BCUT2D eigenvalue weighted by molar-refractivity contribution is -0.131. The highest BCUT2D eigenvalue weighted by atomic mass is 32.1. The Morgan fingerprint density at radius 1 is 1.13 bits per heavy atom. The van der Waals surface area contributed by atoms with Gasteiger partial charge in [-0.05, 0) is 56.0 Å². The largest absolute Gasteiger partial charge is 0.483 e. The number of hydrogen-bond acceptors (Lipinski definition) is 6. The van der Waals surface area contributed by atoms with Crippen molar-refractivity contribution in [3.05, 3.63) is 65.2 Å². The molecular formula is C24H21N3O3S. The van der Waals surface area contributed by atoms with Gasteiger partial charge >= 0.3 is 0 Å². The summed E-state index contributed by atoms with van der Waals surface area (Å²) >= 11 is 1.46. The molecule has 31 heavy (non-hydrogen) atoms. The van der Waals surface area contributed by atoms with Gasteiger partial charge in [-0.2, -0.15) is 0 Å².